The first-order valence-corrected chi connectivity index (χ1v) is 7.03. The Morgan fingerprint density at radius 3 is 2.52 bits per heavy atom. The van der Waals surface area contributed by atoms with E-state index >= 15 is 0 Å². The maximum absolute atomic E-state index is 12.3. The molecule has 0 bridgehead atoms. The molecule has 6 heteroatoms. The van der Waals surface area contributed by atoms with E-state index in [1.807, 2.05) is 27.7 Å². The maximum atomic E-state index is 12.3. The highest BCUT2D eigenvalue weighted by Gasteiger charge is 2.29. The number of amides is 2. The summed E-state index contributed by atoms with van der Waals surface area (Å²) in [4.78, 5) is 24.9. The van der Waals surface area contributed by atoms with Crippen molar-refractivity contribution in [1.29, 1.82) is 0 Å². The molecule has 0 saturated carbocycles. The number of carbonyl (C=O) groups is 2. The number of carbonyl (C=O) groups excluding carboxylic acids is 1. The average molecular weight is 296 g/mol. The van der Waals surface area contributed by atoms with Gasteiger partial charge < -0.3 is 19.7 Å². The number of aliphatic carboxylic acids is 1. The molecule has 0 fully saturated rings. The van der Waals surface area contributed by atoms with Crippen LogP contribution in [0.1, 0.15) is 39.9 Å². The van der Waals surface area contributed by atoms with Gasteiger partial charge in [0.05, 0.1) is 19.2 Å². The molecular formula is C15H24N2O4. The first-order valence-electron chi connectivity index (χ1n) is 7.03. The summed E-state index contributed by atoms with van der Waals surface area (Å²) in [5, 5.41) is 11.8. The molecule has 0 aliphatic heterocycles. The molecule has 0 aliphatic carbocycles. The van der Waals surface area contributed by atoms with Crippen molar-refractivity contribution in [2.45, 2.75) is 46.7 Å². The number of rotatable bonds is 6. The maximum Gasteiger partial charge on any atom is 0.318 e. The molecule has 0 aromatic carbocycles. The summed E-state index contributed by atoms with van der Waals surface area (Å²) in [5.41, 5.74) is -0.335. The van der Waals surface area contributed by atoms with Crippen LogP contribution >= 0.6 is 0 Å². The lowest BCUT2D eigenvalue weighted by molar-refractivity contribution is -0.138. The van der Waals surface area contributed by atoms with Crippen LogP contribution in [0.15, 0.2) is 22.8 Å². The Morgan fingerprint density at radius 2 is 2.10 bits per heavy atom. The highest BCUT2D eigenvalue weighted by atomic mass is 16.4. The molecule has 0 aliphatic rings. The lowest BCUT2D eigenvalue weighted by Crippen LogP contribution is -2.50. The number of furan rings is 1. The monoisotopic (exact) mass is 296 g/mol. The Kier molecular flexibility index (Phi) is 5.81. The summed E-state index contributed by atoms with van der Waals surface area (Å²) in [6, 6.07) is 2.85. The minimum Gasteiger partial charge on any atom is -0.481 e. The van der Waals surface area contributed by atoms with Crippen LogP contribution in [0.3, 0.4) is 0 Å². The Balaban J connectivity index is 2.72. The van der Waals surface area contributed by atoms with Gasteiger partial charge in [-0.05, 0) is 24.5 Å². The number of carboxylic acid groups (broad SMARTS) is 1. The zero-order chi connectivity index (χ0) is 16.0. The molecule has 1 aromatic heterocycles. The predicted molar refractivity (Wildman–Crippen MR) is 78.8 cm³/mol. The fourth-order valence-corrected chi connectivity index (χ4v) is 1.91. The van der Waals surface area contributed by atoms with Crippen molar-refractivity contribution in [1.82, 2.24) is 10.2 Å². The minimum atomic E-state index is -0.927. The molecule has 1 atom stereocenters. The molecule has 1 heterocycles. The van der Waals surface area contributed by atoms with Crippen LogP contribution in [0.2, 0.25) is 0 Å². The summed E-state index contributed by atoms with van der Waals surface area (Å²) in [5.74, 6) is -0.234. The van der Waals surface area contributed by atoms with Gasteiger partial charge in [0, 0.05) is 12.6 Å². The standard InChI is InChI=1S/C15H24N2O4/c1-5-17(10-11-7-6-8-21-11)14(20)16-12(9-13(18)19)15(2,3)4/h6-8,12H,5,9-10H2,1-4H3,(H,16,20)(H,18,19). The van der Waals surface area contributed by atoms with E-state index < -0.39 is 12.0 Å². The number of hydrogen-bond donors (Lipinski definition) is 2. The second-order valence-corrected chi connectivity index (χ2v) is 6.06. The van der Waals surface area contributed by atoms with Gasteiger partial charge in [-0.1, -0.05) is 20.8 Å². The molecule has 1 unspecified atom stereocenters. The molecule has 6 nitrogen and oxygen atoms in total. The zero-order valence-corrected chi connectivity index (χ0v) is 13.0. The van der Waals surface area contributed by atoms with E-state index in [0.29, 0.717) is 18.8 Å². The fourth-order valence-electron chi connectivity index (χ4n) is 1.91. The van der Waals surface area contributed by atoms with Crippen molar-refractivity contribution in [3.05, 3.63) is 24.2 Å². The van der Waals surface area contributed by atoms with E-state index in [4.69, 9.17) is 9.52 Å². The SMILES string of the molecule is CCN(Cc1ccco1)C(=O)NC(CC(=O)O)C(C)(C)C. The third-order valence-electron chi connectivity index (χ3n) is 3.32. The zero-order valence-electron chi connectivity index (χ0n) is 13.0. The summed E-state index contributed by atoms with van der Waals surface area (Å²) in [6.45, 7) is 8.46. The van der Waals surface area contributed by atoms with Crippen LogP contribution in [0, 0.1) is 5.41 Å². The van der Waals surface area contributed by atoms with Crippen LogP contribution in [0.5, 0.6) is 0 Å². The third-order valence-corrected chi connectivity index (χ3v) is 3.32. The molecule has 118 valence electrons. The second kappa shape index (κ2) is 7.15. The molecule has 0 spiro atoms. The van der Waals surface area contributed by atoms with Gasteiger partial charge in [0.15, 0.2) is 0 Å². The van der Waals surface area contributed by atoms with E-state index in [9.17, 15) is 9.59 Å². The Bertz CT molecular complexity index is 463. The van der Waals surface area contributed by atoms with Crippen LogP contribution < -0.4 is 5.32 Å². The van der Waals surface area contributed by atoms with Crippen molar-refractivity contribution in [2.75, 3.05) is 6.54 Å². The van der Waals surface area contributed by atoms with E-state index in [1.165, 1.54) is 0 Å². The van der Waals surface area contributed by atoms with Crippen LogP contribution in [-0.4, -0.2) is 34.6 Å². The molecule has 0 radical (unpaired) electrons. The van der Waals surface area contributed by atoms with Gasteiger partial charge in [-0.3, -0.25) is 4.79 Å². The van der Waals surface area contributed by atoms with Gasteiger partial charge in [-0.15, -0.1) is 0 Å². The van der Waals surface area contributed by atoms with Crippen LogP contribution in [0.25, 0.3) is 0 Å². The minimum absolute atomic E-state index is 0.104. The Hall–Kier alpha value is -1.98. The largest absolute Gasteiger partial charge is 0.481 e. The van der Waals surface area contributed by atoms with Gasteiger partial charge in [-0.2, -0.15) is 0 Å². The smallest absolute Gasteiger partial charge is 0.318 e. The summed E-state index contributed by atoms with van der Waals surface area (Å²) in [6.07, 6.45) is 1.46. The lowest BCUT2D eigenvalue weighted by atomic mass is 9.85. The first-order chi connectivity index (χ1) is 9.74. The van der Waals surface area contributed by atoms with E-state index in [-0.39, 0.29) is 17.9 Å². The van der Waals surface area contributed by atoms with E-state index in [0.717, 1.165) is 0 Å². The summed E-state index contributed by atoms with van der Waals surface area (Å²) >= 11 is 0. The van der Waals surface area contributed by atoms with Gasteiger partial charge in [0.1, 0.15) is 5.76 Å². The molecule has 2 N–H and O–H groups in total. The second-order valence-electron chi connectivity index (χ2n) is 6.06. The quantitative estimate of drug-likeness (QED) is 0.845. The average Bonchev–Trinajstić information content (AvgIpc) is 2.86. The van der Waals surface area contributed by atoms with Crippen molar-refractivity contribution in [3.8, 4) is 0 Å². The van der Waals surface area contributed by atoms with Gasteiger partial charge in [0.2, 0.25) is 0 Å². The summed E-state index contributed by atoms with van der Waals surface area (Å²) < 4.78 is 5.24. The summed E-state index contributed by atoms with van der Waals surface area (Å²) in [7, 11) is 0. The highest BCUT2D eigenvalue weighted by molar-refractivity contribution is 5.76. The molecule has 2 amide bonds. The molecule has 1 aromatic rings. The van der Waals surface area contributed by atoms with Crippen LogP contribution in [0.4, 0.5) is 4.79 Å². The van der Waals surface area contributed by atoms with Crippen molar-refractivity contribution >= 4 is 12.0 Å². The topological polar surface area (TPSA) is 82.8 Å². The number of nitrogens with one attached hydrogen (secondary N) is 1. The normalized spacial score (nSPS) is 12.8. The first kappa shape index (κ1) is 17.1. The molecule has 21 heavy (non-hydrogen) atoms. The predicted octanol–water partition coefficient (Wildman–Crippen LogP) is 2.70. The fraction of sp³-hybridized carbons (Fsp3) is 0.600. The van der Waals surface area contributed by atoms with E-state index in [2.05, 4.69) is 5.32 Å². The van der Waals surface area contributed by atoms with Gasteiger partial charge >= 0.3 is 12.0 Å². The van der Waals surface area contributed by atoms with Crippen molar-refractivity contribution in [2.24, 2.45) is 5.41 Å². The third kappa shape index (κ3) is 5.49. The Labute approximate surface area is 125 Å². The number of hydrogen-bond acceptors (Lipinski definition) is 3. The highest BCUT2D eigenvalue weighted by Crippen LogP contribution is 2.22. The van der Waals surface area contributed by atoms with Gasteiger partial charge in [-0.25, -0.2) is 4.79 Å². The number of urea groups is 1. The molecular weight excluding hydrogens is 272 g/mol. The van der Waals surface area contributed by atoms with Gasteiger partial charge in [0.25, 0.3) is 0 Å². The molecule has 1 rings (SSSR count). The van der Waals surface area contributed by atoms with E-state index in [1.54, 1.807) is 23.3 Å². The Morgan fingerprint density at radius 1 is 1.43 bits per heavy atom. The van der Waals surface area contributed by atoms with Crippen molar-refractivity contribution < 1.29 is 19.1 Å². The van der Waals surface area contributed by atoms with Crippen molar-refractivity contribution in [3.63, 3.8) is 0 Å². The molecule has 0 saturated heterocycles. The number of carboxylic acids is 1. The number of nitrogens with zero attached hydrogens (tertiary/aromatic N) is 1. The lowest BCUT2D eigenvalue weighted by Gasteiger charge is -2.32. The van der Waals surface area contributed by atoms with Crippen LogP contribution in [-0.2, 0) is 11.3 Å².